The van der Waals surface area contributed by atoms with E-state index in [4.69, 9.17) is 10.2 Å². The molecule has 7 nitrogen and oxygen atoms in total. The Kier molecular flexibility index (Phi) is 5.17. The summed E-state index contributed by atoms with van der Waals surface area (Å²) in [7, 11) is 0. The van der Waals surface area contributed by atoms with Crippen LogP contribution in [-0.2, 0) is 9.53 Å². The second-order valence-electron chi connectivity index (χ2n) is 3.38. The van der Waals surface area contributed by atoms with E-state index in [9.17, 15) is 9.59 Å². The first kappa shape index (κ1) is 12.9. The largest absolute Gasteiger partial charge is 0.447 e. The van der Waals surface area contributed by atoms with Crippen molar-refractivity contribution in [1.82, 2.24) is 9.80 Å². The smallest absolute Gasteiger partial charge is 0.416 e. The van der Waals surface area contributed by atoms with E-state index < -0.39 is 6.09 Å². The van der Waals surface area contributed by atoms with E-state index in [-0.39, 0.29) is 51.9 Å². The van der Waals surface area contributed by atoms with E-state index in [1.165, 1.54) is 0 Å². The van der Waals surface area contributed by atoms with Crippen molar-refractivity contribution in [3.63, 3.8) is 0 Å². The zero-order valence-electron chi connectivity index (χ0n) is 8.96. The van der Waals surface area contributed by atoms with Gasteiger partial charge in [0.2, 0.25) is 5.91 Å². The molecule has 1 fully saturated rings. The number of imide groups is 1. The summed E-state index contributed by atoms with van der Waals surface area (Å²) in [5.41, 5.74) is 0. The molecule has 92 valence electrons. The fraction of sp³-hybridized carbons (Fsp3) is 0.778. The van der Waals surface area contributed by atoms with Gasteiger partial charge in [0.1, 0.15) is 6.61 Å². The highest BCUT2D eigenvalue weighted by Crippen LogP contribution is 2.04. The fourth-order valence-corrected chi connectivity index (χ4v) is 1.45. The van der Waals surface area contributed by atoms with E-state index in [0.29, 0.717) is 0 Å². The highest BCUT2D eigenvalue weighted by atomic mass is 16.6. The average Bonchev–Trinajstić information content (AvgIpc) is 2.65. The van der Waals surface area contributed by atoms with Gasteiger partial charge in [-0.25, -0.2) is 9.69 Å². The molecule has 1 aliphatic heterocycles. The van der Waals surface area contributed by atoms with Gasteiger partial charge in [-0.2, -0.15) is 0 Å². The summed E-state index contributed by atoms with van der Waals surface area (Å²) in [6.45, 7) is 0.865. The van der Waals surface area contributed by atoms with Crippen molar-refractivity contribution in [1.29, 1.82) is 0 Å². The summed E-state index contributed by atoms with van der Waals surface area (Å²) in [5.74, 6) is -0.371. The molecule has 0 aliphatic carbocycles. The van der Waals surface area contributed by atoms with Crippen LogP contribution in [-0.4, -0.2) is 78.0 Å². The molecule has 1 rings (SSSR count). The maximum Gasteiger partial charge on any atom is 0.416 e. The molecule has 2 N–H and O–H groups in total. The van der Waals surface area contributed by atoms with Gasteiger partial charge in [-0.05, 0) is 0 Å². The lowest BCUT2D eigenvalue weighted by atomic mass is 10.4. The SMILES string of the molecule is O=C(CN(CCO)CCO)N1CCOC1=O. The molecule has 1 heterocycles. The molecular formula is C9H16N2O5. The van der Waals surface area contributed by atoms with Crippen molar-refractivity contribution in [2.24, 2.45) is 0 Å². The molecule has 7 heteroatoms. The van der Waals surface area contributed by atoms with Gasteiger partial charge in [0.05, 0.1) is 26.3 Å². The van der Waals surface area contributed by atoms with Crippen molar-refractivity contribution in [2.75, 3.05) is 46.0 Å². The minimum atomic E-state index is -0.627. The lowest BCUT2D eigenvalue weighted by Gasteiger charge is -2.21. The van der Waals surface area contributed by atoms with Crippen LogP contribution in [0.1, 0.15) is 0 Å². The van der Waals surface area contributed by atoms with E-state index >= 15 is 0 Å². The van der Waals surface area contributed by atoms with Crippen molar-refractivity contribution < 1.29 is 24.5 Å². The summed E-state index contributed by atoms with van der Waals surface area (Å²) >= 11 is 0. The van der Waals surface area contributed by atoms with Gasteiger partial charge in [-0.3, -0.25) is 9.69 Å². The number of aliphatic hydroxyl groups excluding tert-OH is 2. The first-order valence-electron chi connectivity index (χ1n) is 5.10. The van der Waals surface area contributed by atoms with Crippen LogP contribution in [0.2, 0.25) is 0 Å². The summed E-state index contributed by atoms with van der Waals surface area (Å²) in [5, 5.41) is 17.5. The molecule has 1 saturated heterocycles. The van der Waals surface area contributed by atoms with E-state index in [2.05, 4.69) is 4.74 Å². The summed E-state index contributed by atoms with van der Waals surface area (Å²) in [6.07, 6.45) is -0.627. The third-order valence-corrected chi connectivity index (χ3v) is 2.25. The van der Waals surface area contributed by atoms with Gasteiger partial charge in [0, 0.05) is 13.1 Å². The number of aliphatic hydroxyl groups is 2. The number of rotatable bonds is 6. The Labute approximate surface area is 93.2 Å². The number of carbonyl (C=O) groups is 2. The summed E-state index contributed by atoms with van der Waals surface area (Å²) < 4.78 is 4.64. The van der Waals surface area contributed by atoms with Crippen LogP contribution in [0.3, 0.4) is 0 Å². The molecule has 0 aromatic carbocycles. The summed E-state index contributed by atoms with van der Waals surface area (Å²) in [6, 6.07) is 0. The lowest BCUT2D eigenvalue weighted by molar-refractivity contribution is -0.129. The maximum atomic E-state index is 11.6. The number of carbonyl (C=O) groups excluding carboxylic acids is 2. The molecule has 0 unspecified atom stereocenters. The Hall–Kier alpha value is -1.18. The van der Waals surface area contributed by atoms with Crippen molar-refractivity contribution >= 4 is 12.0 Å². The standard InChI is InChI=1S/C9H16N2O5/c12-4-1-10(2-5-13)7-8(14)11-3-6-16-9(11)15/h12-13H,1-7H2. The quantitative estimate of drug-likeness (QED) is 0.564. The highest BCUT2D eigenvalue weighted by Gasteiger charge is 2.29. The second-order valence-corrected chi connectivity index (χ2v) is 3.38. The molecule has 16 heavy (non-hydrogen) atoms. The maximum absolute atomic E-state index is 11.6. The number of amides is 2. The van der Waals surface area contributed by atoms with Gasteiger partial charge in [-0.15, -0.1) is 0 Å². The van der Waals surface area contributed by atoms with E-state index in [1.807, 2.05) is 0 Å². The predicted molar refractivity (Wildman–Crippen MR) is 53.7 cm³/mol. The molecule has 2 amide bonds. The number of ether oxygens (including phenoxy) is 1. The lowest BCUT2D eigenvalue weighted by Crippen LogP contribution is -2.42. The molecule has 1 aliphatic rings. The van der Waals surface area contributed by atoms with Crippen LogP contribution < -0.4 is 0 Å². The number of cyclic esters (lactones) is 1. The van der Waals surface area contributed by atoms with Crippen LogP contribution in [0, 0.1) is 0 Å². The molecule has 0 bridgehead atoms. The average molecular weight is 232 g/mol. The minimum Gasteiger partial charge on any atom is -0.447 e. The Balaban J connectivity index is 2.43. The molecule has 0 aromatic rings. The fourth-order valence-electron chi connectivity index (χ4n) is 1.45. The third-order valence-electron chi connectivity index (χ3n) is 2.25. The van der Waals surface area contributed by atoms with Crippen LogP contribution >= 0.6 is 0 Å². The Morgan fingerprint density at radius 1 is 1.38 bits per heavy atom. The first-order valence-corrected chi connectivity index (χ1v) is 5.10. The first-order chi connectivity index (χ1) is 7.69. The third kappa shape index (κ3) is 3.44. The van der Waals surface area contributed by atoms with Crippen LogP contribution in [0.25, 0.3) is 0 Å². The van der Waals surface area contributed by atoms with Crippen molar-refractivity contribution in [3.8, 4) is 0 Å². The second kappa shape index (κ2) is 6.41. The van der Waals surface area contributed by atoms with Gasteiger partial charge in [-0.1, -0.05) is 0 Å². The highest BCUT2D eigenvalue weighted by molar-refractivity contribution is 5.93. The van der Waals surface area contributed by atoms with Crippen LogP contribution in [0.4, 0.5) is 4.79 Å². The topological polar surface area (TPSA) is 90.3 Å². The van der Waals surface area contributed by atoms with E-state index in [0.717, 1.165) is 4.90 Å². The summed E-state index contributed by atoms with van der Waals surface area (Å²) in [4.78, 5) is 25.3. The normalized spacial score (nSPS) is 15.7. The Morgan fingerprint density at radius 3 is 2.44 bits per heavy atom. The predicted octanol–water partition coefficient (Wildman–Crippen LogP) is -1.75. The molecular weight excluding hydrogens is 216 g/mol. The van der Waals surface area contributed by atoms with Gasteiger partial charge in [0.25, 0.3) is 0 Å². The number of hydrogen-bond donors (Lipinski definition) is 2. The monoisotopic (exact) mass is 232 g/mol. The molecule has 0 atom stereocenters. The molecule has 0 aromatic heterocycles. The van der Waals surface area contributed by atoms with Crippen molar-refractivity contribution in [3.05, 3.63) is 0 Å². The number of hydrogen-bond acceptors (Lipinski definition) is 6. The zero-order valence-corrected chi connectivity index (χ0v) is 8.96. The Morgan fingerprint density at radius 2 is 2.00 bits per heavy atom. The van der Waals surface area contributed by atoms with Gasteiger partial charge >= 0.3 is 6.09 Å². The molecule has 0 spiro atoms. The minimum absolute atomic E-state index is 0.00375. The molecule has 0 saturated carbocycles. The Bertz CT molecular complexity index is 252. The van der Waals surface area contributed by atoms with E-state index in [1.54, 1.807) is 4.90 Å². The van der Waals surface area contributed by atoms with Crippen LogP contribution in [0.5, 0.6) is 0 Å². The van der Waals surface area contributed by atoms with Gasteiger partial charge in [0.15, 0.2) is 0 Å². The van der Waals surface area contributed by atoms with Crippen molar-refractivity contribution in [2.45, 2.75) is 0 Å². The number of nitrogens with zero attached hydrogens (tertiary/aromatic N) is 2. The molecule has 0 radical (unpaired) electrons. The van der Waals surface area contributed by atoms with Crippen LogP contribution in [0.15, 0.2) is 0 Å². The van der Waals surface area contributed by atoms with Gasteiger partial charge < -0.3 is 14.9 Å². The zero-order chi connectivity index (χ0) is 12.0.